The molecular formula is C19H28N4O3. The zero-order chi connectivity index (χ0) is 18.5. The van der Waals surface area contributed by atoms with Gasteiger partial charge in [0.1, 0.15) is 0 Å². The standard InChI is InChI=1S/C19H28N4O3/c1-21(10-4-8-17-9-5-13-26-17)18(24)20-15-6-3-7-16(14-15)23-12-11-22(2)19(23)25/h3,6-7,14,17H,4-5,8-13H2,1-2H3,(H,20,24)/t17-/m0/s1. The fourth-order valence-corrected chi connectivity index (χ4v) is 3.39. The lowest BCUT2D eigenvalue weighted by molar-refractivity contribution is 0.101. The molecule has 7 nitrogen and oxygen atoms in total. The van der Waals surface area contributed by atoms with Gasteiger partial charge in [-0.15, -0.1) is 0 Å². The van der Waals surface area contributed by atoms with Crippen molar-refractivity contribution in [2.24, 2.45) is 0 Å². The fraction of sp³-hybridized carbons (Fsp3) is 0.579. The van der Waals surface area contributed by atoms with Gasteiger partial charge in [-0.3, -0.25) is 4.90 Å². The van der Waals surface area contributed by atoms with Gasteiger partial charge in [0, 0.05) is 51.7 Å². The van der Waals surface area contributed by atoms with Crippen molar-refractivity contribution >= 4 is 23.4 Å². The molecule has 1 aromatic rings. The van der Waals surface area contributed by atoms with E-state index < -0.39 is 0 Å². The summed E-state index contributed by atoms with van der Waals surface area (Å²) < 4.78 is 5.61. The first-order chi connectivity index (χ1) is 12.5. The number of hydrogen-bond donors (Lipinski definition) is 1. The lowest BCUT2D eigenvalue weighted by atomic mass is 10.1. The van der Waals surface area contributed by atoms with Crippen LogP contribution in [0.15, 0.2) is 24.3 Å². The Morgan fingerprint density at radius 1 is 1.38 bits per heavy atom. The Kier molecular flexibility index (Phi) is 5.98. The molecule has 1 N–H and O–H groups in total. The van der Waals surface area contributed by atoms with Crippen molar-refractivity contribution < 1.29 is 14.3 Å². The summed E-state index contributed by atoms with van der Waals surface area (Å²) >= 11 is 0. The summed E-state index contributed by atoms with van der Waals surface area (Å²) in [6.45, 7) is 2.94. The maximum Gasteiger partial charge on any atom is 0.324 e. The lowest BCUT2D eigenvalue weighted by Gasteiger charge is -2.20. The van der Waals surface area contributed by atoms with Gasteiger partial charge in [-0.1, -0.05) is 6.07 Å². The SMILES string of the molecule is CN(CCC[C@H]1CCCO1)C(=O)Nc1cccc(N2CCN(C)C2=O)c1. The predicted octanol–water partition coefficient (Wildman–Crippen LogP) is 2.98. The summed E-state index contributed by atoms with van der Waals surface area (Å²) in [5.74, 6) is 0. The lowest BCUT2D eigenvalue weighted by Crippen LogP contribution is -2.32. The Labute approximate surface area is 154 Å². The van der Waals surface area contributed by atoms with E-state index in [0.717, 1.165) is 38.0 Å². The van der Waals surface area contributed by atoms with Gasteiger partial charge >= 0.3 is 12.1 Å². The molecule has 26 heavy (non-hydrogen) atoms. The number of carbonyl (C=O) groups excluding carboxylic acids is 2. The highest BCUT2D eigenvalue weighted by molar-refractivity contribution is 5.95. The molecular weight excluding hydrogens is 332 g/mol. The molecule has 0 unspecified atom stereocenters. The fourth-order valence-electron chi connectivity index (χ4n) is 3.39. The molecule has 1 aromatic carbocycles. The predicted molar refractivity (Wildman–Crippen MR) is 102 cm³/mol. The molecule has 2 saturated heterocycles. The molecule has 2 aliphatic rings. The number of urea groups is 2. The van der Waals surface area contributed by atoms with E-state index >= 15 is 0 Å². The minimum Gasteiger partial charge on any atom is -0.378 e. The second-order valence-electron chi connectivity index (χ2n) is 7.04. The first-order valence-corrected chi connectivity index (χ1v) is 9.31. The molecule has 0 spiro atoms. The zero-order valence-electron chi connectivity index (χ0n) is 15.6. The molecule has 4 amide bonds. The second-order valence-corrected chi connectivity index (χ2v) is 7.04. The van der Waals surface area contributed by atoms with Crippen LogP contribution in [0.5, 0.6) is 0 Å². The third kappa shape index (κ3) is 4.46. The number of carbonyl (C=O) groups is 2. The van der Waals surface area contributed by atoms with Crippen LogP contribution >= 0.6 is 0 Å². The van der Waals surface area contributed by atoms with E-state index in [0.29, 0.717) is 31.4 Å². The van der Waals surface area contributed by atoms with Crippen LogP contribution in [0, 0.1) is 0 Å². The molecule has 0 bridgehead atoms. The number of nitrogens with one attached hydrogen (secondary N) is 1. The van der Waals surface area contributed by atoms with Gasteiger partial charge in [-0.2, -0.15) is 0 Å². The third-order valence-electron chi connectivity index (χ3n) is 5.02. The van der Waals surface area contributed by atoms with Crippen molar-refractivity contribution in [1.29, 1.82) is 0 Å². The number of amides is 4. The minimum atomic E-state index is -0.139. The van der Waals surface area contributed by atoms with Crippen molar-refractivity contribution in [1.82, 2.24) is 9.80 Å². The molecule has 0 radical (unpaired) electrons. The maximum atomic E-state index is 12.4. The number of hydrogen-bond acceptors (Lipinski definition) is 3. The van der Waals surface area contributed by atoms with Crippen LogP contribution in [0.1, 0.15) is 25.7 Å². The van der Waals surface area contributed by atoms with Gasteiger partial charge in [-0.05, 0) is 43.9 Å². The second kappa shape index (κ2) is 8.40. The van der Waals surface area contributed by atoms with Gasteiger partial charge < -0.3 is 19.9 Å². The van der Waals surface area contributed by atoms with E-state index in [-0.39, 0.29) is 12.1 Å². The first-order valence-electron chi connectivity index (χ1n) is 9.31. The van der Waals surface area contributed by atoms with E-state index in [1.54, 1.807) is 28.8 Å². The normalized spacial score (nSPS) is 19.9. The zero-order valence-corrected chi connectivity index (χ0v) is 15.6. The molecule has 142 valence electrons. The number of nitrogens with zero attached hydrogens (tertiary/aromatic N) is 3. The smallest absolute Gasteiger partial charge is 0.324 e. The molecule has 0 aliphatic carbocycles. The Morgan fingerprint density at radius 3 is 2.92 bits per heavy atom. The van der Waals surface area contributed by atoms with Crippen molar-refractivity contribution in [3.05, 3.63) is 24.3 Å². The van der Waals surface area contributed by atoms with Gasteiger partial charge in [-0.25, -0.2) is 9.59 Å². The van der Waals surface area contributed by atoms with Gasteiger partial charge in [0.25, 0.3) is 0 Å². The minimum absolute atomic E-state index is 0.0141. The third-order valence-corrected chi connectivity index (χ3v) is 5.02. The van der Waals surface area contributed by atoms with Crippen LogP contribution in [-0.4, -0.2) is 68.3 Å². The first kappa shape index (κ1) is 18.5. The molecule has 0 aromatic heterocycles. The highest BCUT2D eigenvalue weighted by atomic mass is 16.5. The number of benzene rings is 1. The van der Waals surface area contributed by atoms with Gasteiger partial charge in [0.15, 0.2) is 0 Å². The summed E-state index contributed by atoms with van der Waals surface area (Å²) in [5, 5.41) is 2.91. The quantitative estimate of drug-likeness (QED) is 0.848. The van der Waals surface area contributed by atoms with Crippen molar-refractivity contribution in [2.75, 3.05) is 50.6 Å². The Bertz CT molecular complexity index is 645. The van der Waals surface area contributed by atoms with E-state index in [4.69, 9.17) is 4.74 Å². The summed E-state index contributed by atoms with van der Waals surface area (Å²) in [6, 6.07) is 7.27. The van der Waals surface area contributed by atoms with Gasteiger partial charge in [0.05, 0.1) is 6.10 Å². The number of ether oxygens (including phenoxy) is 1. The van der Waals surface area contributed by atoms with Gasteiger partial charge in [0.2, 0.25) is 0 Å². The maximum absolute atomic E-state index is 12.4. The highest BCUT2D eigenvalue weighted by Gasteiger charge is 2.26. The number of anilines is 2. The topological polar surface area (TPSA) is 65.1 Å². The monoisotopic (exact) mass is 360 g/mol. The van der Waals surface area contributed by atoms with Crippen LogP contribution in [0.25, 0.3) is 0 Å². The molecule has 7 heteroatoms. The van der Waals surface area contributed by atoms with Crippen molar-refractivity contribution in [3.8, 4) is 0 Å². The Balaban J connectivity index is 1.50. The van der Waals surface area contributed by atoms with Crippen molar-refractivity contribution in [2.45, 2.75) is 31.8 Å². The van der Waals surface area contributed by atoms with E-state index in [1.165, 1.54) is 0 Å². The summed E-state index contributed by atoms with van der Waals surface area (Å²) in [6.07, 6.45) is 4.57. The average Bonchev–Trinajstić information content (AvgIpc) is 3.26. The van der Waals surface area contributed by atoms with Crippen LogP contribution < -0.4 is 10.2 Å². The largest absolute Gasteiger partial charge is 0.378 e. The number of likely N-dealkylation sites (N-methyl/N-ethyl adjacent to an activating group) is 1. The molecule has 2 fully saturated rings. The van der Waals surface area contributed by atoms with Crippen LogP contribution in [0.4, 0.5) is 21.0 Å². The molecule has 2 aliphatic heterocycles. The van der Waals surface area contributed by atoms with Crippen LogP contribution in [0.3, 0.4) is 0 Å². The Hall–Kier alpha value is -2.28. The summed E-state index contributed by atoms with van der Waals surface area (Å²) in [5.41, 5.74) is 1.50. The molecule has 3 rings (SSSR count). The highest BCUT2D eigenvalue weighted by Crippen LogP contribution is 2.23. The number of rotatable bonds is 6. The molecule has 2 heterocycles. The van der Waals surface area contributed by atoms with E-state index in [2.05, 4.69) is 5.32 Å². The summed E-state index contributed by atoms with van der Waals surface area (Å²) in [4.78, 5) is 29.6. The van der Waals surface area contributed by atoms with E-state index in [9.17, 15) is 9.59 Å². The van der Waals surface area contributed by atoms with Crippen molar-refractivity contribution in [3.63, 3.8) is 0 Å². The average molecular weight is 360 g/mol. The van der Waals surface area contributed by atoms with Crippen LogP contribution in [0.2, 0.25) is 0 Å². The van der Waals surface area contributed by atoms with E-state index in [1.807, 2.05) is 24.3 Å². The van der Waals surface area contributed by atoms with Crippen LogP contribution in [-0.2, 0) is 4.74 Å². The molecule has 0 saturated carbocycles. The Morgan fingerprint density at radius 2 is 2.23 bits per heavy atom. The molecule has 1 atom stereocenters. The summed E-state index contributed by atoms with van der Waals surface area (Å²) in [7, 11) is 3.59.